The van der Waals surface area contributed by atoms with Gasteiger partial charge in [-0.05, 0) is 41.8 Å². The molecule has 3 aromatic carbocycles. The molecule has 4 rings (SSSR count). The molecule has 6 nitrogen and oxygen atoms in total. The summed E-state index contributed by atoms with van der Waals surface area (Å²) in [7, 11) is 0. The summed E-state index contributed by atoms with van der Waals surface area (Å²) in [5, 5.41) is 5.73. The van der Waals surface area contributed by atoms with Gasteiger partial charge in [0.2, 0.25) is 6.79 Å². The minimum Gasteiger partial charge on any atom is -0.489 e. The van der Waals surface area contributed by atoms with Gasteiger partial charge in [0.15, 0.2) is 11.5 Å². The van der Waals surface area contributed by atoms with E-state index in [0.29, 0.717) is 30.3 Å². The third-order valence-corrected chi connectivity index (χ3v) is 4.48. The lowest BCUT2D eigenvalue weighted by Crippen LogP contribution is -2.30. The molecular formula is C23H22N2O4. The molecule has 1 aliphatic rings. The van der Waals surface area contributed by atoms with Gasteiger partial charge in [-0.15, -0.1) is 0 Å². The van der Waals surface area contributed by atoms with Crippen LogP contribution >= 0.6 is 0 Å². The van der Waals surface area contributed by atoms with E-state index >= 15 is 0 Å². The first kappa shape index (κ1) is 18.7. The van der Waals surface area contributed by atoms with Crippen LogP contribution in [0.15, 0.2) is 72.8 Å². The van der Waals surface area contributed by atoms with Crippen molar-refractivity contribution < 1.29 is 19.0 Å². The Balaban J connectivity index is 1.26. The number of carbonyl (C=O) groups is 1. The van der Waals surface area contributed by atoms with Gasteiger partial charge in [0.05, 0.1) is 0 Å². The van der Waals surface area contributed by atoms with Crippen LogP contribution in [0.4, 0.5) is 10.5 Å². The third kappa shape index (κ3) is 5.19. The SMILES string of the molecule is O=C(NCCc1ccccc1)Nc1cccc(COc2ccc3c(c2)OCO3)c1. The number of urea groups is 1. The van der Waals surface area contributed by atoms with Gasteiger partial charge < -0.3 is 24.8 Å². The number of rotatable bonds is 7. The van der Waals surface area contributed by atoms with E-state index in [9.17, 15) is 4.79 Å². The molecule has 0 spiro atoms. The highest BCUT2D eigenvalue weighted by atomic mass is 16.7. The lowest BCUT2D eigenvalue weighted by atomic mass is 10.1. The van der Waals surface area contributed by atoms with Crippen LogP contribution in [0.1, 0.15) is 11.1 Å². The van der Waals surface area contributed by atoms with Gasteiger partial charge in [0.1, 0.15) is 12.4 Å². The maximum absolute atomic E-state index is 12.1. The summed E-state index contributed by atoms with van der Waals surface area (Å²) in [6.45, 7) is 1.19. The van der Waals surface area contributed by atoms with Gasteiger partial charge in [-0.25, -0.2) is 4.79 Å². The first-order chi connectivity index (χ1) is 14.3. The molecule has 3 aromatic rings. The van der Waals surface area contributed by atoms with E-state index in [1.165, 1.54) is 5.56 Å². The molecule has 0 aromatic heterocycles. The van der Waals surface area contributed by atoms with Gasteiger partial charge in [-0.1, -0.05) is 42.5 Å². The predicted molar refractivity (Wildman–Crippen MR) is 111 cm³/mol. The molecule has 1 heterocycles. The third-order valence-electron chi connectivity index (χ3n) is 4.48. The van der Waals surface area contributed by atoms with E-state index < -0.39 is 0 Å². The summed E-state index contributed by atoms with van der Waals surface area (Å²) < 4.78 is 16.5. The minimum absolute atomic E-state index is 0.227. The fourth-order valence-electron chi connectivity index (χ4n) is 3.01. The van der Waals surface area contributed by atoms with Crippen molar-refractivity contribution in [1.29, 1.82) is 0 Å². The Bertz CT molecular complexity index is 976. The van der Waals surface area contributed by atoms with Crippen LogP contribution in [0.3, 0.4) is 0 Å². The number of nitrogens with one attached hydrogen (secondary N) is 2. The van der Waals surface area contributed by atoms with Crippen molar-refractivity contribution in [3.05, 3.63) is 83.9 Å². The molecule has 0 aliphatic carbocycles. The van der Waals surface area contributed by atoms with Gasteiger partial charge in [-0.2, -0.15) is 0 Å². The lowest BCUT2D eigenvalue weighted by molar-refractivity contribution is 0.173. The van der Waals surface area contributed by atoms with Crippen molar-refractivity contribution in [2.45, 2.75) is 13.0 Å². The quantitative estimate of drug-likeness (QED) is 0.629. The summed E-state index contributed by atoms with van der Waals surface area (Å²) >= 11 is 0. The number of fused-ring (bicyclic) bond motifs is 1. The molecule has 0 fully saturated rings. The summed E-state index contributed by atoms with van der Waals surface area (Å²) in [5.41, 5.74) is 2.86. The number of hydrogen-bond donors (Lipinski definition) is 2. The van der Waals surface area contributed by atoms with E-state index in [-0.39, 0.29) is 12.8 Å². The lowest BCUT2D eigenvalue weighted by Gasteiger charge is -2.10. The van der Waals surface area contributed by atoms with Crippen molar-refractivity contribution in [1.82, 2.24) is 5.32 Å². The number of benzene rings is 3. The Hall–Kier alpha value is -3.67. The Morgan fingerprint density at radius 2 is 1.72 bits per heavy atom. The van der Waals surface area contributed by atoms with E-state index in [4.69, 9.17) is 14.2 Å². The zero-order valence-electron chi connectivity index (χ0n) is 15.9. The van der Waals surface area contributed by atoms with Crippen molar-refractivity contribution >= 4 is 11.7 Å². The summed E-state index contributed by atoms with van der Waals surface area (Å²) in [6, 6.07) is 22.9. The Kier molecular flexibility index (Phi) is 5.81. The maximum Gasteiger partial charge on any atom is 0.319 e. The predicted octanol–water partition coefficient (Wildman–Crippen LogP) is 4.36. The monoisotopic (exact) mass is 390 g/mol. The Morgan fingerprint density at radius 1 is 0.897 bits per heavy atom. The smallest absolute Gasteiger partial charge is 0.319 e. The fourth-order valence-corrected chi connectivity index (χ4v) is 3.01. The van der Waals surface area contributed by atoms with Crippen molar-refractivity contribution in [3.63, 3.8) is 0 Å². The molecule has 0 saturated heterocycles. The molecule has 29 heavy (non-hydrogen) atoms. The van der Waals surface area contributed by atoms with E-state index in [0.717, 1.165) is 17.7 Å². The second kappa shape index (κ2) is 9.01. The van der Waals surface area contributed by atoms with Crippen molar-refractivity contribution in [3.8, 4) is 17.2 Å². The fraction of sp³-hybridized carbons (Fsp3) is 0.174. The molecule has 2 N–H and O–H groups in total. The molecule has 0 saturated carbocycles. The summed E-state index contributed by atoms with van der Waals surface area (Å²) in [6.07, 6.45) is 0.789. The van der Waals surface area contributed by atoms with Crippen LogP contribution < -0.4 is 24.8 Å². The zero-order chi connectivity index (χ0) is 19.9. The van der Waals surface area contributed by atoms with Crippen LogP contribution in [-0.2, 0) is 13.0 Å². The van der Waals surface area contributed by atoms with Gasteiger partial charge in [0.25, 0.3) is 0 Å². The van der Waals surface area contributed by atoms with Crippen molar-refractivity contribution in [2.75, 3.05) is 18.7 Å². The average molecular weight is 390 g/mol. The van der Waals surface area contributed by atoms with Crippen LogP contribution in [-0.4, -0.2) is 19.4 Å². The van der Waals surface area contributed by atoms with Gasteiger partial charge in [0, 0.05) is 18.3 Å². The van der Waals surface area contributed by atoms with Crippen LogP contribution in [0.25, 0.3) is 0 Å². The van der Waals surface area contributed by atoms with E-state index in [2.05, 4.69) is 10.6 Å². The number of amides is 2. The molecule has 6 heteroatoms. The number of hydrogen-bond acceptors (Lipinski definition) is 4. The second-order valence-corrected chi connectivity index (χ2v) is 6.62. The minimum atomic E-state index is -0.227. The molecule has 0 bridgehead atoms. The Morgan fingerprint density at radius 3 is 2.62 bits per heavy atom. The molecule has 0 radical (unpaired) electrons. The summed E-state index contributed by atoms with van der Waals surface area (Å²) in [4.78, 5) is 12.1. The highest BCUT2D eigenvalue weighted by Crippen LogP contribution is 2.35. The Labute approximate surface area is 169 Å². The molecule has 0 atom stereocenters. The highest BCUT2D eigenvalue weighted by Gasteiger charge is 2.13. The van der Waals surface area contributed by atoms with E-state index in [1.807, 2.05) is 72.8 Å². The van der Waals surface area contributed by atoms with Gasteiger partial charge >= 0.3 is 6.03 Å². The van der Waals surface area contributed by atoms with Crippen LogP contribution in [0.5, 0.6) is 17.2 Å². The van der Waals surface area contributed by atoms with Gasteiger partial charge in [-0.3, -0.25) is 0 Å². The topological polar surface area (TPSA) is 68.8 Å². The molecular weight excluding hydrogens is 368 g/mol. The standard InChI is InChI=1S/C23H22N2O4/c26-23(24-12-11-17-5-2-1-3-6-17)25-19-8-4-7-18(13-19)15-27-20-9-10-21-22(14-20)29-16-28-21/h1-10,13-14H,11-12,15-16H2,(H2,24,25,26). The number of ether oxygens (including phenoxy) is 3. The first-order valence-electron chi connectivity index (χ1n) is 9.46. The van der Waals surface area contributed by atoms with E-state index in [1.54, 1.807) is 0 Å². The van der Waals surface area contributed by atoms with Crippen LogP contribution in [0, 0.1) is 0 Å². The molecule has 0 unspecified atom stereocenters. The number of anilines is 1. The average Bonchev–Trinajstić information content (AvgIpc) is 3.21. The molecule has 1 aliphatic heterocycles. The molecule has 2 amide bonds. The number of carbonyl (C=O) groups excluding carboxylic acids is 1. The first-order valence-corrected chi connectivity index (χ1v) is 9.46. The maximum atomic E-state index is 12.1. The summed E-state index contributed by atoms with van der Waals surface area (Å²) in [5.74, 6) is 2.11. The normalized spacial score (nSPS) is 11.7. The van der Waals surface area contributed by atoms with Crippen LogP contribution in [0.2, 0.25) is 0 Å². The van der Waals surface area contributed by atoms with Crippen molar-refractivity contribution in [2.24, 2.45) is 0 Å². The zero-order valence-corrected chi connectivity index (χ0v) is 15.9. The highest BCUT2D eigenvalue weighted by molar-refractivity contribution is 5.89. The largest absolute Gasteiger partial charge is 0.489 e. The second-order valence-electron chi connectivity index (χ2n) is 6.62. The molecule has 148 valence electrons.